The van der Waals surface area contributed by atoms with Gasteiger partial charge in [0.25, 0.3) is 5.91 Å². The standard InChI is InChI=1S/C21H24N4O/c22-16-20-10-9-19(17-23-20)21(26)25-13-5-12-24(14-15-25)11-4-8-18-6-2-1-3-7-18/h1-3,6-7,9-10,17H,4-5,8,11-15H2. The minimum atomic E-state index is 0.00752. The number of carbonyl (C=O) groups is 1. The monoisotopic (exact) mass is 348 g/mol. The first-order valence-electron chi connectivity index (χ1n) is 9.18. The van der Waals surface area contributed by atoms with E-state index in [-0.39, 0.29) is 5.91 Å². The van der Waals surface area contributed by atoms with Crippen LogP contribution in [-0.2, 0) is 6.42 Å². The van der Waals surface area contributed by atoms with E-state index in [0.29, 0.717) is 11.3 Å². The second-order valence-electron chi connectivity index (χ2n) is 6.62. The van der Waals surface area contributed by atoms with Crippen molar-refractivity contribution >= 4 is 5.91 Å². The van der Waals surface area contributed by atoms with Crippen molar-refractivity contribution in [2.75, 3.05) is 32.7 Å². The zero-order chi connectivity index (χ0) is 18.2. The Morgan fingerprint density at radius 3 is 2.65 bits per heavy atom. The van der Waals surface area contributed by atoms with E-state index in [1.807, 2.05) is 17.0 Å². The summed E-state index contributed by atoms with van der Waals surface area (Å²) in [6, 6.07) is 15.8. The highest BCUT2D eigenvalue weighted by Crippen LogP contribution is 2.10. The van der Waals surface area contributed by atoms with Crippen LogP contribution < -0.4 is 0 Å². The molecule has 2 heterocycles. The number of aryl methyl sites for hydroxylation is 1. The Labute approximate surface area is 154 Å². The van der Waals surface area contributed by atoms with Crippen LogP contribution in [0.2, 0.25) is 0 Å². The molecule has 0 spiro atoms. The summed E-state index contributed by atoms with van der Waals surface area (Å²) in [6.45, 7) is 4.52. The Hall–Kier alpha value is -2.71. The van der Waals surface area contributed by atoms with Crippen LogP contribution in [0.25, 0.3) is 0 Å². The van der Waals surface area contributed by atoms with E-state index < -0.39 is 0 Å². The van der Waals surface area contributed by atoms with Gasteiger partial charge in [0.15, 0.2) is 0 Å². The van der Waals surface area contributed by atoms with Gasteiger partial charge in [-0.1, -0.05) is 30.3 Å². The van der Waals surface area contributed by atoms with Gasteiger partial charge in [-0.2, -0.15) is 5.26 Å². The second-order valence-corrected chi connectivity index (χ2v) is 6.62. The Bertz CT molecular complexity index is 752. The van der Waals surface area contributed by atoms with E-state index in [9.17, 15) is 4.79 Å². The van der Waals surface area contributed by atoms with Crippen molar-refractivity contribution < 1.29 is 4.79 Å². The normalized spacial score (nSPS) is 15.3. The Balaban J connectivity index is 1.48. The molecule has 1 aliphatic rings. The molecule has 0 unspecified atom stereocenters. The third kappa shape index (κ3) is 4.90. The zero-order valence-electron chi connectivity index (χ0n) is 15.0. The van der Waals surface area contributed by atoms with E-state index in [1.54, 1.807) is 12.1 Å². The number of hydrogen-bond acceptors (Lipinski definition) is 4. The molecule has 134 valence electrons. The van der Waals surface area contributed by atoms with E-state index in [2.05, 4.69) is 34.1 Å². The first-order chi connectivity index (χ1) is 12.8. The number of rotatable bonds is 5. The Morgan fingerprint density at radius 2 is 1.92 bits per heavy atom. The van der Waals surface area contributed by atoms with Gasteiger partial charge >= 0.3 is 0 Å². The number of hydrogen-bond donors (Lipinski definition) is 0. The molecule has 2 aromatic rings. The Morgan fingerprint density at radius 1 is 1.08 bits per heavy atom. The lowest BCUT2D eigenvalue weighted by Crippen LogP contribution is -2.35. The molecule has 1 aromatic carbocycles. The summed E-state index contributed by atoms with van der Waals surface area (Å²) in [5.74, 6) is 0.00752. The summed E-state index contributed by atoms with van der Waals surface area (Å²) in [5, 5.41) is 8.81. The predicted octanol–water partition coefficient (Wildman–Crippen LogP) is 2.73. The van der Waals surface area contributed by atoms with Crippen molar-refractivity contribution in [1.82, 2.24) is 14.8 Å². The summed E-state index contributed by atoms with van der Waals surface area (Å²) < 4.78 is 0. The van der Waals surface area contributed by atoms with Gasteiger partial charge in [0.2, 0.25) is 0 Å². The predicted molar refractivity (Wildman–Crippen MR) is 101 cm³/mol. The van der Waals surface area contributed by atoms with E-state index in [0.717, 1.165) is 52.0 Å². The minimum Gasteiger partial charge on any atom is -0.337 e. The highest BCUT2D eigenvalue weighted by Gasteiger charge is 2.20. The van der Waals surface area contributed by atoms with Crippen LogP contribution in [0, 0.1) is 11.3 Å². The zero-order valence-corrected chi connectivity index (χ0v) is 15.0. The fraction of sp³-hybridized carbons (Fsp3) is 0.381. The SMILES string of the molecule is N#Cc1ccc(C(=O)N2CCCN(CCCc3ccccc3)CC2)cn1. The summed E-state index contributed by atoms with van der Waals surface area (Å²) >= 11 is 0. The molecule has 0 bridgehead atoms. The molecule has 1 aliphatic heterocycles. The van der Waals surface area contributed by atoms with E-state index >= 15 is 0 Å². The van der Waals surface area contributed by atoms with Gasteiger partial charge in [-0.3, -0.25) is 4.79 Å². The maximum Gasteiger partial charge on any atom is 0.255 e. The Kier molecular flexibility index (Phi) is 6.34. The molecule has 5 nitrogen and oxygen atoms in total. The molecule has 0 N–H and O–H groups in total. The van der Waals surface area contributed by atoms with E-state index in [4.69, 9.17) is 5.26 Å². The van der Waals surface area contributed by atoms with Crippen LogP contribution in [0.1, 0.15) is 34.5 Å². The number of carbonyl (C=O) groups excluding carboxylic acids is 1. The summed E-state index contributed by atoms with van der Waals surface area (Å²) in [6.07, 6.45) is 4.72. The molecular weight excluding hydrogens is 324 g/mol. The molecule has 1 saturated heterocycles. The number of nitriles is 1. The van der Waals surface area contributed by atoms with Gasteiger partial charge in [-0.15, -0.1) is 0 Å². The lowest BCUT2D eigenvalue weighted by atomic mass is 10.1. The first kappa shape index (κ1) is 18.1. The van der Waals surface area contributed by atoms with Crippen molar-refractivity contribution in [3.05, 3.63) is 65.5 Å². The van der Waals surface area contributed by atoms with Crippen molar-refractivity contribution in [2.24, 2.45) is 0 Å². The molecule has 1 amide bonds. The number of pyridine rings is 1. The fourth-order valence-electron chi connectivity index (χ4n) is 3.32. The highest BCUT2D eigenvalue weighted by atomic mass is 16.2. The van der Waals surface area contributed by atoms with Gasteiger partial charge in [0.1, 0.15) is 11.8 Å². The van der Waals surface area contributed by atoms with Crippen LogP contribution in [-0.4, -0.2) is 53.4 Å². The van der Waals surface area contributed by atoms with Crippen LogP contribution in [0.5, 0.6) is 0 Å². The van der Waals surface area contributed by atoms with Crippen molar-refractivity contribution in [2.45, 2.75) is 19.3 Å². The van der Waals surface area contributed by atoms with Crippen molar-refractivity contribution in [1.29, 1.82) is 5.26 Å². The molecule has 1 aromatic heterocycles. The molecule has 1 fully saturated rings. The van der Waals surface area contributed by atoms with Gasteiger partial charge < -0.3 is 9.80 Å². The average molecular weight is 348 g/mol. The van der Waals surface area contributed by atoms with Crippen LogP contribution >= 0.6 is 0 Å². The lowest BCUT2D eigenvalue weighted by Gasteiger charge is -2.22. The molecule has 0 saturated carbocycles. The lowest BCUT2D eigenvalue weighted by molar-refractivity contribution is 0.0761. The maximum absolute atomic E-state index is 12.6. The quantitative estimate of drug-likeness (QED) is 0.834. The molecule has 0 aliphatic carbocycles. The maximum atomic E-state index is 12.6. The number of nitrogens with zero attached hydrogens (tertiary/aromatic N) is 4. The highest BCUT2D eigenvalue weighted by molar-refractivity contribution is 5.94. The van der Waals surface area contributed by atoms with Gasteiger partial charge in [0, 0.05) is 25.8 Å². The van der Waals surface area contributed by atoms with Gasteiger partial charge in [-0.05, 0) is 50.0 Å². The summed E-state index contributed by atoms with van der Waals surface area (Å²) in [7, 11) is 0. The third-order valence-electron chi connectivity index (χ3n) is 4.78. The smallest absolute Gasteiger partial charge is 0.255 e. The fourth-order valence-corrected chi connectivity index (χ4v) is 3.32. The molecule has 0 atom stereocenters. The first-order valence-corrected chi connectivity index (χ1v) is 9.18. The largest absolute Gasteiger partial charge is 0.337 e. The molecule has 0 radical (unpaired) electrons. The summed E-state index contributed by atoms with van der Waals surface area (Å²) in [5.41, 5.74) is 2.27. The number of benzene rings is 1. The van der Waals surface area contributed by atoms with Crippen LogP contribution in [0.3, 0.4) is 0 Å². The third-order valence-corrected chi connectivity index (χ3v) is 4.78. The molecule has 3 rings (SSSR count). The summed E-state index contributed by atoms with van der Waals surface area (Å²) in [4.78, 5) is 21.0. The van der Waals surface area contributed by atoms with Crippen molar-refractivity contribution in [3.63, 3.8) is 0 Å². The van der Waals surface area contributed by atoms with Gasteiger partial charge in [-0.25, -0.2) is 4.98 Å². The average Bonchev–Trinajstić information content (AvgIpc) is 2.94. The topological polar surface area (TPSA) is 60.2 Å². The molecule has 26 heavy (non-hydrogen) atoms. The second kappa shape index (κ2) is 9.12. The minimum absolute atomic E-state index is 0.00752. The number of aromatic nitrogens is 1. The molecule has 5 heteroatoms. The van der Waals surface area contributed by atoms with Crippen molar-refractivity contribution in [3.8, 4) is 6.07 Å². The number of amides is 1. The van der Waals surface area contributed by atoms with Gasteiger partial charge in [0.05, 0.1) is 5.56 Å². The van der Waals surface area contributed by atoms with E-state index in [1.165, 1.54) is 11.8 Å². The van der Waals surface area contributed by atoms with Crippen LogP contribution in [0.4, 0.5) is 0 Å². The molecular formula is C21H24N4O. The van der Waals surface area contributed by atoms with Crippen LogP contribution in [0.15, 0.2) is 48.7 Å².